The summed E-state index contributed by atoms with van der Waals surface area (Å²) in [4.78, 5) is 2.67. The number of benzene rings is 2. The Hall–Kier alpha value is -2.69. The van der Waals surface area contributed by atoms with E-state index in [1.165, 1.54) is 0 Å². The third-order valence-electron chi connectivity index (χ3n) is 5.22. The molecule has 10 heteroatoms. The molecule has 2 N–H and O–H groups in total. The quantitative estimate of drug-likeness (QED) is 0.215. The van der Waals surface area contributed by atoms with Gasteiger partial charge in [0.05, 0.1) is 33.5 Å². The zero-order valence-electron chi connectivity index (χ0n) is 18.4. The molecule has 33 heavy (non-hydrogen) atoms. The first-order chi connectivity index (χ1) is 16.2. The molecule has 10 nitrogen and oxygen atoms in total. The van der Waals surface area contributed by atoms with Gasteiger partial charge in [0.15, 0.2) is 6.29 Å². The molecule has 3 rings (SSSR count). The van der Waals surface area contributed by atoms with Crippen molar-refractivity contribution in [1.82, 2.24) is 0 Å². The molecular weight excluding hydrogens is 430 g/mol. The maximum Gasteiger partial charge on any atom is 0.186 e. The average molecular weight is 459 g/mol. The van der Waals surface area contributed by atoms with Crippen LogP contribution in [0.1, 0.15) is 11.1 Å². The Morgan fingerprint density at radius 2 is 1.64 bits per heavy atom. The summed E-state index contributed by atoms with van der Waals surface area (Å²) in [7, 11) is 1.59. The zero-order chi connectivity index (χ0) is 23.5. The summed E-state index contributed by atoms with van der Waals surface area (Å²) in [6.45, 7) is 0.219. The van der Waals surface area contributed by atoms with Gasteiger partial charge in [-0.3, -0.25) is 0 Å². The molecule has 0 radical (unpaired) electrons. The zero-order valence-corrected chi connectivity index (χ0v) is 18.4. The van der Waals surface area contributed by atoms with E-state index in [0.29, 0.717) is 0 Å². The maximum absolute atomic E-state index is 11.0. The lowest BCUT2D eigenvalue weighted by atomic mass is 9.98. The minimum atomic E-state index is -1.20. The van der Waals surface area contributed by atoms with E-state index < -0.39 is 30.7 Å². The van der Waals surface area contributed by atoms with E-state index in [2.05, 4.69) is 10.0 Å². The minimum absolute atomic E-state index is 0.0463. The molecule has 1 aliphatic rings. The van der Waals surface area contributed by atoms with Gasteiger partial charge in [-0.05, 0) is 28.8 Å². The van der Waals surface area contributed by atoms with Crippen molar-refractivity contribution >= 4 is 0 Å². The van der Waals surface area contributed by atoms with E-state index in [0.717, 1.165) is 16.9 Å². The van der Waals surface area contributed by atoms with Crippen LogP contribution in [0.25, 0.3) is 10.4 Å². The standard InChI is InChI=1S/C23H29N3O7/c1-29-18-9-7-17(8-10-18)15-32-22-20(28)23(30-12-11-25-26-24)33-19(13-27)21(22)31-14-16-5-3-2-4-6-16/h2-10,19-23,27-28H,11-15H2,1H3/t19-,20+,21-,22-,23+/m1/s1. The number of aliphatic hydroxyl groups is 2. The van der Waals surface area contributed by atoms with Crippen LogP contribution >= 0.6 is 0 Å². The fraction of sp³-hybridized carbons (Fsp3) is 0.478. The predicted molar refractivity (Wildman–Crippen MR) is 118 cm³/mol. The molecule has 0 unspecified atom stereocenters. The number of rotatable bonds is 12. The number of nitrogens with zero attached hydrogens (tertiary/aromatic N) is 3. The molecule has 2 aromatic carbocycles. The molecule has 1 fully saturated rings. The Balaban J connectivity index is 1.73. The molecule has 0 amide bonds. The summed E-state index contributed by atoms with van der Waals surface area (Å²) in [5.74, 6) is 0.725. The molecule has 0 saturated carbocycles. The molecule has 5 atom stereocenters. The largest absolute Gasteiger partial charge is 0.497 e. The highest BCUT2D eigenvalue weighted by Crippen LogP contribution is 2.28. The molecule has 0 spiro atoms. The SMILES string of the molecule is COc1ccc(CO[C@@H]2[C@H](O)[C@@H](OCCN=[N+]=[N-])O[C@H](CO)[C@H]2OCc2ccccc2)cc1. The third kappa shape index (κ3) is 7.15. The predicted octanol–water partition coefficient (Wildman–Crippen LogP) is 2.57. The Kier molecular flexibility index (Phi) is 9.92. The van der Waals surface area contributed by atoms with Gasteiger partial charge in [0, 0.05) is 11.5 Å². The lowest BCUT2D eigenvalue weighted by molar-refractivity contribution is -0.316. The van der Waals surface area contributed by atoms with Crippen molar-refractivity contribution in [3.8, 4) is 5.75 Å². The fourth-order valence-corrected chi connectivity index (χ4v) is 3.51. The first kappa shape index (κ1) is 24.9. The van der Waals surface area contributed by atoms with Crippen molar-refractivity contribution in [2.24, 2.45) is 5.11 Å². The summed E-state index contributed by atoms with van der Waals surface area (Å²) in [5.41, 5.74) is 10.2. The molecule has 1 saturated heterocycles. The van der Waals surface area contributed by atoms with Gasteiger partial charge in [0.2, 0.25) is 0 Å². The van der Waals surface area contributed by atoms with Crippen LogP contribution in [0.4, 0.5) is 0 Å². The summed E-state index contributed by atoms with van der Waals surface area (Å²) in [5, 5.41) is 24.3. The second-order valence-corrected chi connectivity index (χ2v) is 7.43. The van der Waals surface area contributed by atoms with Crippen LogP contribution in [0.2, 0.25) is 0 Å². The van der Waals surface area contributed by atoms with Crippen molar-refractivity contribution in [2.75, 3.05) is 26.9 Å². The first-order valence-electron chi connectivity index (χ1n) is 10.6. The van der Waals surface area contributed by atoms with Crippen LogP contribution in [0, 0.1) is 0 Å². The highest BCUT2D eigenvalue weighted by molar-refractivity contribution is 5.26. The molecule has 2 aromatic rings. The number of hydrogen-bond donors (Lipinski definition) is 2. The van der Waals surface area contributed by atoms with Crippen molar-refractivity contribution < 1.29 is 33.9 Å². The number of hydrogen-bond acceptors (Lipinski definition) is 8. The molecule has 0 aromatic heterocycles. The van der Waals surface area contributed by atoms with Crippen LogP contribution in [-0.4, -0.2) is 67.8 Å². The van der Waals surface area contributed by atoms with E-state index in [1.54, 1.807) is 7.11 Å². The van der Waals surface area contributed by atoms with Gasteiger partial charge in [0.25, 0.3) is 0 Å². The number of methoxy groups -OCH3 is 1. The van der Waals surface area contributed by atoms with Gasteiger partial charge >= 0.3 is 0 Å². The van der Waals surface area contributed by atoms with Crippen LogP contribution in [0.3, 0.4) is 0 Å². The second kappa shape index (κ2) is 13.1. The van der Waals surface area contributed by atoms with Crippen molar-refractivity contribution in [3.63, 3.8) is 0 Å². The van der Waals surface area contributed by atoms with Gasteiger partial charge in [-0.15, -0.1) is 0 Å². The summed E-state index contributed by atoms with van der Waals surface area (Å²) < 4.78 is 28.6. The highest BCUT2D eigenvalue weighted by atomic mass is 16.7. The Labute approximate surface area is 192 Å². The molecular formula is C23H29N3O7. The Bertz CT molecular complexity index is 877. The van der Waals surface area contributed by atoms with Crippen LogP contribution < -0.4 is 4.74 Å². The molecule has 178 valence electrons. The van der Waals surface area contributed by atoms with Crippen LogP contribution in [-0.2, 0) is 32.2 Å². The van der Waals surface area contributed by atoms with Gasteiger partial charge in [0.1, 0.15) is 30.2 Å². The maximum atomic E-state index is 11.0. The average Bonchev–Trinajstić information content (AvgIpc) is 2.86. The van der Waals surface area contributed by atoms with E-state index >= 15 is 0 Å². The Morgan fingerprint density at radius 1 is 0.970 bits per heavy atom. The molecule has 0 aliphatic carbocycles. The molecule has 0 bridgehead atoms. The topological polar surface area (TPSA) is 135 Å². The molecule has 1 aliphatic heterocycles. The van der Waals surface area contributed by atoms with Crippen molar-refractivity contribution in [2.45, 2.75) is 43.9 Å². The van der Waals surface area contributed by atoms with E-state index in [9.17, 15) is 10.2 Å². The van der Waals surface area contributed by atoms with Crippen molar-refractivity contribution in [3.05, 3.63) is 76.2 Å². The van der Waals surface area contributed by atoms with Crippen LogP contribution in [0.5, 0.6) is 5.75 Å². The molecule has 1 heterocycles. The third-order valence-corrected chi connectivity index (χ3v) is 5.22. The summed E-state index contributed by atoms with van der Waals surface area (Å²) >= 11 is 0. The monoisotopic (exact) mass is 459 g/mol. The van der Waals surface area contributed by atoms with E-state index in [1.807, 2.05) is 54.6 Å². The van der Waals surface area contributed by atoms with Gasteiger partial charge in [-0.1, -0.05) is 47.6 Å². The normalized spacial score (nSPS) is 24.8. The number of azide groups is 1. The van der Waals surface area contributed by atoms with Gasteiger partial charge < -0.3 is 33.9 Å². The number of aliphatic hydroxyl groups excluding tert-OH is 2. The van der Waals surface area contributed by atoms with Gasteiger partial charge in [-0.2, -0.15) is 0 Å². The summed E-state index contributed by atoms with van der Waals surface area (Å²) in [6, 6.07) is 16.9. The minimum Gasteiger partial charge on any atom is -0.497 e. The number of ether oxygens (including phenoxy) is 5. The van der Waals surface area contributed by atoms with E-state index in [-0.39, 0.29) is 33.0 Å². The highest BCUT2D eigenvalue weighted by Gasteiger charge is 2.47. The van der Waals surface area contributed by atoms with Crippen LogP contribution in [0.15, 0.2) is 59.7 Å². The second-order valence-electron chi connectivity index (χ2n) is 7.43. The van der Waals surface area contributed by atoms with Crippen molar-refractivity contribution in [1.29, 1.82) is 0 Å². The summed E-state index contributed by atoms with van der Waals surface area (Å²) in [6.07, 6.45) is -4.65. The smallest absolute Gasteiger partial charge is 0.186 e. The lowest BCUT2D eigenvalue weighted by Gasteiger charge is -2.43. The lowest BCUT2D eigenvalue weighted by Crippen LogP contribution is -2.61. The van der Waals surface area contributed by atoms with E-state index in [4.69, 9.17) is 29.2 Å². The van der Waals surface area contributed by atoms with Gasteiger partial charge in [-0.25, -0.2) is 0 Å². The fourth-order valence-electron chi connectivity index (χ4n) is 3.51. The Morgan fingerprint density at radius 3 is 2.27 bits per heavy atom. The first-order valence-corrected chi connectivity index (χ1v) is 10.6.